The van der Waals surface area contributed by atoms with E-state index in [-0.39, 0.29) is 6.42 Å². The number of carboxylic acids is 1. The molecule has 0 spiro atoms. The fourth-order valence-electron chi connectivity index (χ4n) is 1.60. The first-order valence-electron chi connectivity index (χ1n) is 4.71. The van der Waals surface area contributed by atoms with Gasteiger partial charge < -0.3 is 15.8 Å². The molecule has 0 fully saturated rings. The van der Waals surface area contributed by atoms with E-state index in [9.17, 15) is 4.79 Å². The van der Waals surface area contributed by atoms with Crippen LogP contribution in [0.5, 0.6) is 0 Å². The first kappa shape index (κ1) is 9.73. The second-order valence-electron chi connectivity index (χ2n) is 3.53. The number of carbonyl (C=O) groups is 1. The molecule has 1 atom stereocenters. The molecular weight excluding hydrogens is 192 g/mol. The summed E-state index contributed by atoms with van der Waals surface area (Å²) < 4.78 is 0. The molecule has 4 heteroatoms. The van der Waals surface area contributed by atoms with Gasteiger partial charge in [0.1, 0.15) is 0 Å². The normalized spacial score (nSPS) is 12.9. The Bertz CT molecular complexity index is 490. The number of hydrogen-bond acceptors (Lipinski definition) is 2. The van der Waals surface area contributed by atoms with Crippen LogP contribution in [0.25, 0.3) is 10.9 Å². The lowest BCUT2D eigenvalue weighted by Crippen LogP contribution is -2.14. The molecule has 0 saturated heterocycles. The number of nitrogens with one attached hydrogen (secondary N) is 1. The lowest BCUT2D eigenvalue weighted by atomic mass is 10.0. The lowest BCUT2D eigenvalue weighted by molar-refractivity contribution is -0.137. The van der Waals surface area contributed by atoms with E-state index in [0.717, 1.165) is 16.5 Å². The van der Waals surface area contributed by atoms with E-state index in [2.05, 4.69) is 4.98 Å². The zero-order valence-electron chi connectivity index (χ0n) is 8.10. The monoisotopic (exact) mass is 204 g/mol. The number of hydrogen-bond donors (Lipinski definition) is 3. The van der Waals surface area contributed by atoms with Crippen LogP contribution in [0.3, 0.4) is 0 Å². The van der Waals surface area contributed by atoms with E-state index in [1.54, 1.807) is 0 Å². The summed E-state index contributed by atoms with van der Waals surface area (Å²) >= 11 is 0. The lowest BCUT2D eigenvalue weighted by Gasteiger charge is -2.08. The number of fused-ring (bicyclic) bond motifs is 1. The topological polar surface area (TPSA) is 79.1 Å². The molecule has 2 rings (SSSR count). The Labute approximate surface area is 86.7 Å². The van der Waals surface area contributed by atoms with Gasteiger partial charge in [-0.3, -0.25) is 4.79 Å². The molecule has 0 bridgehead atoms. The van der Waals surface area contributed by atoms with Gasteiger partial charge in [0.05, 0.1) is 6.42 Å². The molecule has 0 radical (unpaired) electrons. The zero-order valence-corrected chi connectivity index (χ0v) is 8.10. The molecule has 0 amide bonds. The highest BCUT2D eigenvalue weighted by atomic mass is 16.4. The van der Waals surface area contributed by atoms with Crippen LogP contribution in [0.4, 0.5) is 0 Å². The van der Waals surface area contributed by atoms with Crippen LogP contribution in [0.15, 0.2) is 30.5 Å². The van der Waals surface area contributed by atoms with Crippen molar-refractivity contribution in [2.45, 2.75) is 12.5 Å². The Kier molecular flexibility index (Phi) is 2.43. The molecule has 4 N–H and O–H groups in total. The van der Waals surface area contributed by atoms with Gasteiger partial charge in [0, 0.05) is 17.8 Å². The first-order valence-corrected chi connectivity index (χ1v) is 4.71. The van der Waals surface area contributed by atoms with Crippen molar-refractivity contribution in [1.29, 1.82) is 0 Å². The molecule has 1 aromatic carbocycles. The van der Waals surface area contributed by atoms with Gasteiger partial charge in [-0.15, -0.1) is 0 Å². The van der Waals surface area contributed by atoms with Crippen molar-refractivity contribution in [1.82, 2.24) is 4.98 Å². The van der Waals surface area contributed by atoms with Crippen LogP contribution in [0, 0.1) is 0 Å². The number of carboxylic acid groups (broad SMARTS) is 1. The molecule has 78 valence electrons. The molecule has 4 nitrogen and oxygen atoms in total. The third-order valence-corrected chi connectivity index (χ3v) is 2.40. The number of rotatable bonds is 3. The summed E-state index contributed by atoms with van der Waals surface area (Å²) in [5.74, 6) is -0.880. The first-order chi connectivity index (χ1) is 7.16. The van der Waals surface area contributed by atoms with Crippen molar-refractivity contribution in [3.05, 3.63) is 36.0 Å². The largest absolute Gasteiger partial charge is 0.481 e. The van der Waals surface area contributed by atoms with Gasteiger partial charge in [-0.25, -0.2) is 0 Å². The summed E-state index contributed by atoms with van der Waals surface area (Å²) in [6.45, 7) is 0. The second kappa shape index (κ2) is 3.74. The third-order valence-electron chi connectivity index (χ3n) is 2.40. The summed E-state index contributed by atoms with van der Waals surface area (Å²) in [4.78, 5) is 13.6. The molecule has 0 aliphatic heterocycles. The predicted molar refractivity (Wildman–Crippen MR) is 57.5 cm³/mol. The third kappa shape index (κ3) is 1.99. The van der Waals surface area contributed by atoms with Gasteiger partial charge in [0.2, 0.25) is 0 Å². The summed E-state index contributed by atoms with van der Waals surface area (Å²) in [6.07, 6.45) is 1.80. The Hall–Kier alpha value is -1.81. The fourth-order valence-corrected chi connectivity index (χ4v) is 1.60. The minimum absolute atomic E-state index is 0.0494. The van der Waals surface area contributed by atoms with E-state index in [1.807, 2.05) is 30.5 Å². The standard InChI is InChI=1S/C11H12N2O2/c12-9(6-11(14)15)8-2-1-7-3-4-13-10(7)5-8/h1-5,9,13H,6,12H2,(H,14,15). The van der Waals surface area contributed by atoms with Crippen LogP contribution >= 0.6 is 0 Å². The minimum Gasteiger partial charge on any atom is -0.481 e. The molecular formula is C11H12N2O2. The average molecular weight is 204 g/mol. The van der Waals surface area contributed by atoms with Crippen LogP contribution in [0.2, 0.25) is 0 Å². The number of aliphatic carboxylic acids is 1. The van der Waals surface area contributed by atoms with Gasteiger partial charge in [-0.2, -0.15) is 0 Å². The van der Waals surface area contributed by atoms with Crippen molar-refractivity contribution in [2.75, 3.05) is 0 Å². The fraction of sp³-hybridized carbons (Fsp3) is 0.182. The maximum absolute atomic E-state index is 10.5. The predicted octanol–water partition coefficient (Wildman–Crippen LogP) is 1.64. The van der Waals surface area contributed by atoms with Crippen molar-refractivity contribution >= 4 is 16.9 Å². The molecule has 15 heavy (non-hydrogen) atoms. The SMILES string of the molecule is NC(CC(=O)O)c1ccc2cc[nH]c2c1. The van der Waals surface area contributed by atoms with E-state index in [0.29, 0.717) is 0 Å². The molecule has 1 heterocycles. The molecule has 0 saturated carbocycles. The van der Waals surface area contributed by atoms with Crippen molar-refractivity contribution in [3.8, 4) is 0 Å². The van der Waals surface area contributed by atoms with Crippen molar-refractivity contribution in [3.63, 3.8) is 0 Å². The molecule has 1 aromatic heterocycles. The Morgan fingerprint density at radius 3 is 3.00 bits per heavy atom. The highest BCUT2D eigenvalue weighted by Gasteiger charge is 2.10. The molecule has 1 unspecified atom stereocenters. The summed E-state index contributed by atoms with van der Waals surface area (Å²) in [6, 6.07) is 7.20. The Morgan fingerprint density at radius 1 is 1.47 bits per heavy atom. The van der Waals surface area contributed by atoms with Gasteiger partial charge in [-0.05, 0) is 23.1 Å². The Balaban J connectivity index is 2.30. The smallest absolute Gasteiger partial charge is 0.305 e. The maximum atomic E-state index is 10.5. The highest BCUT2D eigenvalue weighted by molar-refractivity contribution is 5.80. The molecule has 2 aromatic rings. The van der Waals surface area contributed by atoms with Crippen LogP contribution in [-0.2, 0) is 4.79 Å². The highest BCUT2D eigenvalue weighted by Crippen LogP contribution is 2.19. The van der Waals surface area contributed by atoms with Gasteiger partial charge in [0.25, 0.3) is 0 Å². The summed E-state index contributed by atoms with van der Waals surface area (Å²) in [5, 5.41) is 9.73. The van der Waals surface area contributed by atoms with E-state index in [1.165, 1.54) is 0 Å². The molecule has 0 aliphatic carbocycles. The number of aromatic nitrogens is 1. The van der Waals surface area contributed by atoms with E-state index < -0.39 is 12.0 Å². The van der Waals surface area contributed by atoms with Crippen molar-refractivity contribution < 1.29 is 9.90 Å². The number of aromatic amines is 1. The van der Waals surface area contributed by atoms with Gasteiger partial charge >= 0.3 is 5.97 Å². The van der Waals surface area contributed by atoms with Gasteiger partial charge in [0.15, 0.2) is 0 Å². The zero-order chi connectivity index (χ0) is 10.8. The van der Waals surface area contributed by atoms with Gasteiger partial charge in [-0.1, -0.05) is 12.1 Å². The average Bonchev–Trinajstić information content (AvgIpc) is 2.62. The minimum atomic E-state index is -0.880. The van der Waals surface area contributed by atoms with Crippen molar-refractivity contribution in [2.24, 2.45) is 5.73 Å². The van der Waals surface area contributed by atoms with E-state index >= 15 is 0 Å². The summed E-state index contributed by atoms with van der Waals surface area (Å²) in [7, 11) is 0. The number of H-pyrrole nitrogens is 1. The quantitative estimate of drug-likeness (QED) is 0.711. The van der Waals surface area contributed by atoms with E-state index in [4.69, 9.17) is 10.8 Å². The van der Waals surface area contributed by atoms with Crippen LogP contribution in [0.1, 0.15) is 18.0 Å². The maximum Gasteiger partial charge on any atom is 0.305 e. The van der Waals surface area contributed by atoms with Crippen LogP contribution in [-0.4, -0.2) is 16.1 Å². The molecule has 0 aliphatic rings. The number of nitrogens with two attached hydrogens (primary N) is 1. The summed E-state index contributed by atoms with van der Waals surface area (Å²) in [5.41, 5.74) is 7.58. The number of benzene rings is 1. The Morgan fingerprint density at radius 2 is 2.27 bits per heavy atom. The second-order valence-corrected chi connectivity index (χ2v) is 3.53. The van der Waals surface area contributed by atoms with Crippen LogP contribution < -0.4 is 5.73 Å².